The smallest absolute Gasteiger partial charge is 0.433 e. The van der Waals surface area contributed by atoms with E-state index in [4.69, 9.17) is 9.47 Å². The second-order valence-corrected chi connectivity index (χ2v) is 9.85. The summed E-state index contributed by atoms with van der Waals surface area (Å²) >= 11 is 0. The fourth-order valence-corrected chi connectivity index (χ4v) is 5.16. The van der Waals surface area contributed by atoms with Crippen molar-refractivity contribution in [3.63, 3.8) is 0 Å². The quantitative estimate of drug-likeness (QED) is 0.689. The van der Waals surface area contributed by atoms with Crippen molar-refractivity contribution < 1.29 is 31.1 Å². The zero-order chi connectivity index (χ0) is 22.1. The number of pyridine rings is 1. The minimum absolute atomic E-state index is 0.110. The molecule has 6 nitrogen and oxygen atoms in total. The van der Waals surface area contributed by atoms with Crippen LogP contribution in [0.1, 0.15) is 25.0 Å². The van der Waals surface area contributed by atoms with Gasteiger partial charge in [-0.05, 0) is 43.0 Å². The summed E-state index contributed by atoms with van der Waals surface area (Å²) in [6.45, 7) is 1.20. The molecule has 0 bridgehead atoms. The number of nitrogens with zero attached hydrogens (tertiary/aromatic N) is 1. The molecular weight excluding hydrogens is 433 g/mol. The van der Waals surface area contributed by atoms with Crippen molar-refractivity contribution in [2.24, 2.45) is 5.92 Å². The summed E-state index contributed by atoms with van der Waals surface area (Å²) in [6.07, 6.45) is -1.26. The molecule has 0 unspecified atom stereocenters. The fourth-order valence-electron chi connectivity index (χ4n) is 3.48. The average Bonchev–Trinajstić information content (AvgIpc) is 3.59. The number of hydrogen-bond donors (Lipinski definition) is 1. The lowest BCUT2D eigenvalue weighted by Gasteiger charge is -2.31. The highest BCUT2D eigenvalue weighted by molar-refractivity contribution is 7.90. The molecule has 168 valence electrons. The van der Waals surface area contributed by atoms with Gasteiger partial charge < -0.3 is 9.47 Å². The van der Waals surface area contributed by atoms with Gasteiger partial charge in [-0.15, -0.1) is 0 Å². The monoisotopic (exact) mass is 456 g/mol. The Balaban J connectivity index is 1.36. The molecule has 0 amide bonds. The highest BCUT2D eigenvalue weighted by Crippen LogP contribution is 2.30. The summed E-state index contributed by atoms with van der Waals surface area (Å²) in [5, 5.41) is -0.274. The van der Waals surface area contributed by atoms with Gasteiger partial charge in [-0.25, -0.2) is 13.1 Å². The largest absolute Gasteiger partial charge is 0.493 e. The highest BCUT2D eigenvalue weighted by Gasteiger charge is 2.39. The van der Waals surface area contributed by atoms with Crippen LogP contribution in [0.15, 0.2) is 42.6 Å². The highest BCUT2D eigenvalue weighted by atomic mass is 32.2. The van der Waals surface area contributed by atoms with Gasteiger partial charge in [-0.2, -0.15) is 13.2 Å². The van der Waals surface area contributed by atoms with Crippen molar-refractivity contribution in [3.8, 4) is 16.9 Å². The molecule has 1 aromatic heterocycles. The first kappa shape index (κ1) is 22.0. The first-order chi connectivity index (χ1) is 14.7. The van der Waals surface area contributed by atoms with Gasteiger partial charge >= 0.3 is 6.18 Å². The number of rotatable bonds is 7. The van der Waals surface area contributed by atoms with Gasteiger partial charge in [0.1, 0.15) is 11.4 Å². The topological polar surface area (TPSA) is 77.5 Å². The summed E-state index contributed by atoms with van der Waals surface area (Å²) < 4.78 is 76.6. The third-order valence-electron chi connectivity index (χ3n) is 5.46. The molecule has 4 rings (SSSR count). The zero-order valence-electron chi connectivity index (χ0n) is 16.6. The number of hydrogen-bond acceptors (Lipinski definition) is 5. The third kappa shape index (κ3) is 5.55. The first-order valence-electron chi connectivity index (χ1n) is 10.1. The van der Waals surface area contributed by atoms with Crippen molar-refractivity contribution >= 4 is 10.0 Å². The zero-order valence-corrected chi connectivity index (χ0v) is 17.5. The molecule has 0 spiro atoms. The van der Waals surface area contributed by atoms with Crippen LogP contribution in [-0.2, 0) is 20.9 Å². The number of ether oxygens (including phenoxy) is 2. The van der Waals surface area contributed by atoms with E-state index in [1.54, 1.807) is 24.3 Å². The Bertz CT molecular complexity index is 991. The Hall–Kier alpha value is -2.17. The van der Waals surface area contributed by atoms with E-state index in [9.17, 15) is 21.6 Å². The maximum absolute atomic E-state index is 12.6. The summed E-state index contributed by atoms with van der Waals surface area (Å²) in [6, 6.07) is 9.03. The van der Waals surface area contributed by atoms with Crippen LogP contribution in [0, 0.1) is 5.92 Å². The standard InChI is InChI=1S/C21H23F3N2O4S/c22-21(23,24)20-8-3-15(11-25-20)14-1-4-17(5-2-14)30-13-16-12-29-10-9-19(16)26-31(27,28)18-6-7-18/h1-5,8,11,16,18-19,26H,6-7,9-10,12-13H2/t16-,19+/m1/s1. The van der Waals surface area contributed by atoms with Crippen molar-refractivity contribution in [1.29, 1.82) is 0 Å². The van der Waals surface area contributed by atoms with Gasteiger partial charge in [0.25, 0.3) is 0 Å². The number of halogens is 3. The van der Waals surface area contributed by atoms with Gasteiger partial charge in [-0.1, -0.05) is 18.2 Å². The molecule has 2 aromatic rings. The molecule has 1 aliphatic heterocycles. The van der Waals surface area contributed by atoms with Crippen LogP contribution >= 0.6 is 0 Å². The van der Waals surface area contributed by atoms with Crippen molar-refractivity contribution in [2.45, 2.75) is 36.7 Å². The summed E-state index contributed by atoms with van der Waals surface area (Å²) in [7, 11) is -3.29. The maximum Gasteiger partial charge on any atom is 0.433 e. The lowest BCUT2D eigenvalue weighted by molar-refractivity contribution is -0.141. The van der Waals surface area contributed by atoms with Crippen LogP contribution in [0.25, 0.3) is 11.1 Å². The Morgan fingerprint density at radius 3 is 2.39 bits per heavy atom. The lowest BCUT2D eigenvalue weighted by Crippen LogP contribution is -2.48. The van der Waals surface area contributed by atoms with E-state index in [0.29, 0.717) is 56.0 Å². The molecule has 2 atom stereocenters. The summed E-state index contributed by atoms with van der Waals surface area (Å²) in [5.74, 6) is 0.471. The molecule has 1 saturated heterocycles. The van der Waals surface area contributed by atoms with Crippen LogP contribution in [0.3, 0.4) is 0 Å². The van der Waals surface area contributed by atoms with Crippen LogP contribution in [0.2, 0.25) is 0 Å². The Labute approximate surface area is 178 Å². The minimum atomic E-state index is -4.47. The van der Waals surface area contributed by atoms with E-state index in [1.807, 2.05) is 0 Å². The van der Waals surface area contributed by atoms with Gasteiger partial charge in [0, 0.05) is 30.3 Å². The SMILES string of the molecule is O=S(=O)(N[C@H]1CCOC[C@@H]1COc1ccc(-c2ccc(C(F)(F)F)nc2)cc1)C1CC1. The lowest BCUT2D eigenvalue weighted by atomic mass is 9.98. The third-order valence-corrected chi connectivity index (χ3v) is 7.44. The predicted molar refractivity (Wildman–Crippen MR) is 108 cm³/mol. The first-order valence-corrected chi connectivity index (χ1v) is 11.6. The maximum atomic E-state index is 12.6. The predicted octanol–water partition coefficient (Wildman–Crippen LogP) is 3.63. The van der Waals surface area contributed by atoms with Crippen molar-refractivity contribution in [1.82, 2.24) is 9.71 Å². The van der Waals surface area contributed by atoms with E-state index < -0.39 is 21.9 Å². The van der Waals surface area contributed by atoms with E-state index >= 15 is 0 Å². The molecule has 10 heteroatoms. The van der Waals surface area contributed by atoms with E-state index in [-0.39, 0.29) is 17.2 Å². The summed E-state index contributed by atoms with van der Waals surface area (Å²) in [4.78, 5) is 3.47. The van der Waals surface area contributed by atoms with E-state index in [1.165, 1.54) is 12.3 Å². The summed E-state index contributed by atoms with van der Waals surface area (Å²) in [5.41, 5.74) is 0.345. The Kier molecular flexibility index (Phi) is 6.23. The molecule has 1 aliphatic carbocycles. The van der Waals surface area contributed by atoms with Gasteiger partial charge in [0.2, 0.25) is 10.0 Å². The number of aromatic nitrogens is 1. The van der Waals surface area contributed by atoms with Crippen LogP contribution in [-0.4, -0.2) is 44.5 Å². The molecule has 1 N–H and O–H groups in total. The number of sulfonamides is 1. The van der Waals surface area contributed by atoms with E-state index in [0.717, 1.165) is 6.07 Å². The average molecular weight is 456 g/mol. The second-order valence-electron chi connectivity index (χ2n) is 7.86. The van der Waals surface area contributed by atoms with Crippen LogP contribution < -0.4 is 9.46 Å². The van der Waals surface area contributed by atoms with Gasteiger partial charge in [0.15, 0.2) is 0 Å². The molecule has 0 radical (unpaired) electrons. The van der Waals surface area contributed by atoms with Gasteiger partial charge in [-0.3, -0.25) is 4.98 Å². The molecule has 31 heavy (non-hydrogen) atoms. The number of alkyl halides is 3. The Morgan fingerprint density at radius 2 is 1.77 bits per heavy atom. The molecular formula is C21H23F3N2O4S. The normalized spacial score (nSPS) is 22.3. The van der Waals surface area contributed by atoms with E-state index in [2.05, 4.69) is 9.71 Å². The number of nitrogens with one attached hydrogen (secondary N) is 1. The second kappa shape index (κ2) is 8.76. The fraction of sp³-hybridized carbons (Fsp3) is 0.476. The minimum Gasteiger partial charge on any atom is -0.493 e. The van der Waals surface area contributed by atoms with Crippen molar-refractivity contribution in [2.75, 3.05) is 19.8 Å². The molecule has 2 aliphatic rings. The van der Waals surface area contributed by atoms with Crippen LogP contribution in [0.5, 0.6) is 5.75 Å². The number of benzene rings is 1. The van der Waals surface area contributed by atoms with Gasteiger partial charge in [0.05, 0.1) is 18.5 Å². The van der Waals surface area contributed by atoms with Crippen molar-refractivity contribution in [3.05, 3.63) is 48.3 Å². The van der Waals surface area contributed by atoms with Crippen LogP contribution in [0.4, 0.5) is 13.2 Å². The Morgan fingerprint density at radius 1 is 1.06 bits per heavy atom. The molecule has 1 saturated carbocycles. The molecule has 2 fully saturated rings. The molecule has 1 aromatic carbocycles. The molecule has 2 heterocycles.